The van der Waals surface area contributed by atoms with Gasteiger partial charge in [-0.15, -0.1) is 0 Å². The van der Waals surface area contributed by atoms with Crippen molar-refractivity contribution in [3.8, 4) is 0 Å². The van der Waals surface area contributed by atoms with Crippen LogP contribution in [0.4, 0.5) is 11.8 Å². The monoisotopic (exact) mass is 522 g/mol. The summed E-state index contributed by atoms with van der Waals surface area (Å²) in [6.45, 7) is -0.982. The molecular formula is C10H17N6O13P3. The van der Waals surface area contributed by atoms with E-state index in [1.807, 2.05) is 0 Å². The molecule has 1 aliphatic rings. The van der Waals surface area contributed by atoms with Crippen LogP contribution in [-0.2, 0) is 31.6 Å². The average Bonchev–Trinajstić information content (AvgIpc) is 3.12. The number of rotatable bonds is 8. The fraction of sp³-hybridized carbons (Fsp3) is 0.500. The lowest BCUT2D eigenvalue weighted by molar-refractivity contribution is -0.0503. The molecule has 6 atom stereocenters. The summed E-state index contributed by atoms with van der Waals surface area (Å²) < 4.78 is 51.9. The Hall–Kier alpha value is -1.56. The maximum atomic E-state index is 11.8. The Morgan fingerprint density at radius 1 is 1.03 bits per heavy atom. The molecule has 4 unspecified atom stereocenters. The second-order valence-corrected chi connectivity index (χ2v) is 10.6. The number of aliphatic hydroxyl groups excluding tert-OH is 2. The number of nitrogen functional groups attached to an aromatic ring is 2. The third-order valence-electron chi connectivity index (χ3n) is 3.89. The normalized spacial score (nSPS) is 27.9. The molecule has 0 amide bonds. The van der Waals surface area contributed by atoms with Crippen molar-refractivity contribution in [3.05, 3.63) is 6.33 Å². The van der Waals surface area contributed by atoms with Gasteiger partial charge >= 0.3 is 23.5 Å². The van der Waals surface area contributed by atoms with Crippen LogP contribution in [0.2, 0.25) is 0 Å². The Bertz CT molecular complexity index is 1150. The molecule has 0 radical (unpaired) electrons. The Morgan fingerprint density at radius 2 is 1.69 bits per heavy atom. The molecule has 10 N–H and O–H groups in total. The van der Waals surface area contributed by atoms with Crippen molar-refractivity contribution < 1.29 is 61.4 Å². The predicted molar refractivity (Wildman–Crippen MR) is 99.9 cm³/mol. The van der Waals surface area contributed by atoms with Gasteiger partial charge in [-0.1, -0.05) is 0 Å². The number of hydrogen-bond acceptors (Lipinski definition) is 14. The molecule has 0 saturated carbocycles. The van der Waals surface area contributed by atoms with Gasteiger partial charge in [0, 0.05) is 0 Å². The van der Waals surface area contributed by atoms with Crippen LogP contribution in [0.5, 0.6) is 0 Å². The van der Waals surface area contributed by atoms with E-state index in [0.717, 1.165) is 10.9 Å². The second-order valence-electron chi connectivity index (χ2n) is 6.22. The average molecular weight is 522 g/mol. The van der Waals surface area contributed by atoms with Crippen molar-refractivity contribution in [1.82, 2.24) is 19.5 Å². The van der Waals surface area contributed by atoms with Gasteiger partial charge in [-0.3, -0.25) is 9.09 Å². The first-order valence-electron chi connectivity index (χ1n) is 8.14. The van der Waals surface area contributed by atoms with E-state index in [0.29, 0.717) is 0 Å². The van der Waals surface area contributed by atoms with Gasteiger partial charge in [0.05, 0.1) is 12.9 Å². The van der Waals surface area contributed by atoms with Gasteiger partial charge in [-0.25, -0.2) is 18.7 Å². The molecule has 32 heavy (non-hydrogen) atoms. The standard InChI is InChI=1S/C10H17N6O13P3/c11-7-4-8(15-10(12)14-7)16(2-13-4)9-6(18)5(17)3(27-9)1-26-31(22,23)29-32(24,25)28-30(19,20)21/h2-3,5-6,9,17-18H,1H2,(H,22,23)(H,24,25)(H2,19,20,21)(H4,11,12,14,15)/t3-,5?,6?,9-/m1/s1. The molecule has 2 aromatic heterocycles. The van der Waals surface area contributed by atoms with E-state index in [1.54, 1.807) is 0 Å². The number of aliphatic hydroxyl groups is 2. The Balaban J connectivity index is 1.72. The topological polar surface area (TPSA) is 305 Å². The third kappa shape index (κ3) is 5.67. The third-order valence-corrected chi connectivity index (χ3v) is 7.70. The largest absolute Gasteiger partial charge is 0.490 e. The first kappa shape index (κ1) is 25.1. The van der Waals surface area contributed by atoms with Crippen molar-refractivity contribution in [2.75, 3.05) is 18.1 Å². The number of phosphoric ester groups is 1. The molecule has 1 saturated heterocycles. The highest BCUT2D eigenvalue weighted by Gasteiger charge is 2.47. The molecule has 3 heterocycles. The van der Waals surface area contributed by atoms with E-state index in [2.05, 4.69) is 28.1 Å². The van der Waals surface area contributed by atoms with Crippen LogP contribution in [0.1, 0.15) is 6.23 Å². The van der Waals surface area contributed by atoms with Crippen LogP contribution in [-0.4, -0.2) is 74.2 Å². The van der Waals surface area contributed by atoms with Crippen molar-refractivity contribution in [1.29, 1.82) is 0 Å². The van der Waals surface area contributed by atoms with Crippen LogP contribution in [0, 0.1) is 0 Å². The molecule has 0 bridgehead atoms. The first-order valence-corrected chi connectivity index (χ1v) is 12.7. The van der Waals surface area contributed by atoms with E-state index in [9.17, 15) is 28.8 Å². The number of nitrogens with two attached hydrogens (primary N) is 2. The highest BCUT2D eigenvalue weighted by molar-refractivity contribution is 7.66. The first-order chi connectivity index (χ1) is 14.6. The molecule has 3 rings (SSSR count). The molecular weight excluding hydrogens is 505 g/mol. The van der Waals surface area contributed by atoms with Crippen LogP contribution < -0.4 is 11.5 Å². The highest BCUT2D eigenvalue weighted by atomic mass is 31.3. The zero-order valence-corrected chi connectivity index (χ0v) is 18.1. The molecule has 0 aromatic carbocycles. The van der Waals surface area contributed by atoms with Crippen LogP contribution in [0.3, 0.4) is 0 Å². The molecule has 1 aliphatic heterocycles. The van der Waals surface area contributed by atoms with Crippen molar-refractivity contribution >= 4 is 46.4 Å². The highest BCUT2D eigenvalue weighted by Crippen LogP contribution is 2.66. The summed E-state index contributed by atoms with van der Waals surface area (Å²) in [5, 5.41) is 20.5. The van der Waals surface area contributed by atoms with Gasteiger partial charge in [-0.2, -0.15) is 18.6 Å². The van der Waals surface area contributed by atoms with Crippen molar-refractivity contribution in [3.63, 3.8) is 0 Å². The minimum atomic E-state index is -5.72. The van der Waals surface area contributed by atoms with Gasteiger partial charge in [0.1, 0.15) is 23.8 Å². The van der Waals surface area contributed by atoms with E-state index in [4.69, 9.17) is 30.9 Å². The smallest absolute Gasteiger partial charge is 0.387 e. The zero-order valence-electron chi connectivity index (χ0n) is 15.4. The summed E-state index contributed by atoms with van der Waals surface area (Å²) in [6.07, 6.45) is -5.03. The second kappa shape index (κ2) is 8.66. The van der Waals surface area contributed by atoms with E-state index in [1.165, 1.54) is 0 Å². The summed E-state index contributed by atoms with van der Waals surface area (Å²) in [5.41, 5.74) is 11.4. The van der Waals surface area contributed by atoms with E-state index >= 15 is 0 Å². The zero-order chi connectivity index (χ0) is 24.1. The fourth-order valence-corrected chi connectivity index (χ4v) is 5.74. The lowest BCUT2D eigenvalue weighted by Crippen LogP contribution is -2.33. The summed E-state index contributed by atoms with van der Waals surface area (Å²) >= 11 is 0. The Morgan fingerprint density at radius 3 is 2.31 bits per heavy atom. The molecule has 22 heteroatoms. The number of aromatic nitrogens is 4. The summed E-state index contributed by atoms with van der Waals surface area (Å²) in [6, 6.07) is 0. The van der Waals surface area contributed by atoms with Crippen LogP contribution in [0.15, 0.2) is 6.33 Å². The lowest BCUT2D eigenvalue weighted by Gasteiger charge is -2.19. The van der Waals surface area contributed by atoms with Gasteiger partial charge < -0.3 is 46.0 Å². The number of phosphoric acid groups is 3. The summed E-state index contributed by atoms with van der Waals surface area (Å²) in [7, 11) is -16.7. The van der Waals surface area contributed by atoms with Gasteiger partial charge in [-0.05, 0) is 0 Å². The molecule has 19 nitrogen and oxygen atoms in total. The van der Waals surface area contributed by atoms with Crippen molar-refractivity contribution in [2.45, 2.75) is 24.5 Å². The number of ether oxygens (including phenoxy) is 1. The lowest BCUT2D eigenvalue weighted by atomic mass is 10.1. The predicted octanol–water partition coefficient (Wildman–Crippen LogP) is -2.05. The van der Waals surface area contributed by atoms with Crippen LogP contribution >= 0.6 is 23.5 Å². The number of fused-ring (bicyclic) bond motifs is 1. The molecule has 180 valence electrons. The fourth-order valence-electron chi connectivity index (χ4n) is 2.71. The number of anilines is 2. The minimum Gasteiger partial charge on any atom is -0.387 e. The number of hydrogen-bond donors (Lipinski definition) is 8. The summed E-state index contributed by atoms with van der Waals surface area (Å²) in [4.78, 5) is 47.2. The minimum absolute atomic E-state index is 0.0415. The molecule has 1 fully saturated rings. The molecule has 0 spiro atoms. The van der Waals surface area contributed by atoms with Gasteiger partial charge in [0.25, 0.3) is 0 Å². The van der Waals surface area contributed by atoms with Gasteiger partial charge in [0.2, 0.25) is 5.95 Å². The summed E-state index contributed by atoms with van der Waals surface area (Å²) in [5.74, 6) is -0.280. The van der Waals surface area contributed by atoms with Gasteiger partial charge in [0.15, 0.2) is 17.7 Å². The maximum absolute atomic E-state index is 11.8. The van der Waals surface area contributed by atoms with Crippen molar-refractivity contribution in [2.24, 2.45) is 0 Å². The molecule has 0 aliphatic carbocycles. The molecule has 2 aromatic rings. The Kier molecular flexibility index (Phi) is 6.78. The quantitative estimate of drug-likeness (QED) is 0.173. The Labute approximate surface area is 177 Å². The van der Waals surface area contributed by atoms with E-state index < -0.39 is 54.6 Å². The SMILES string of the molecule is Nc1nc(N)c2ncn([C@@H]3O[C@H](COP(=O)(O)OP(=O)(O)OP(=O)(O)O)C(O)C3O)c2n1. The maximum Gasteiger partial charge on any atom is 0.490 e. The number of nitrogens with zero attached hydrogens (tertiary/aromatic N) is 4. The van der Waals surface area contributed by atoms with E-state index in [-0.39, 0.29) is 22.9 Å². The number of imidazole rings is 1. The van der Waals surface area contributed by atoms with Crippen LogP contribution in [0.25, 0.3) is 11.2 Å².